The SMILES string of the molecule is CC(C)N(CC(=O)O)C(=O)c1ccn(-c2ccc(F)cc2)n1. The molecule has 1 aromatic heterocycles. The van der Waals surface area contributed by atoms with Gasteiger partial charge in [-0.1, -0.05) is 0 Å². The molecule has 0 radical (unpaired) electrons. The Morgan fingerprint density at radius 1 is 1.27 bits per heavy atom. The van der Waals surface area contributed by atoms with Gasteiger partial charge in [-0.2, -0.15) is 5.10 Å². The molecule has 0 saturated heterocycles. The molecule has 1 heterocycles. The number of carbonyl (C=O) groups excluding carboxylic acids is 1. The van der Waals surface area contributed by atoms with Crippen LogP contribution in [-0.4, -0.2) is 44.3 Å². The minimum absolute atomic E-state index is 0.138. The maximum Gasteiger partial charge on any atom is 0.323 e. The van der Waals surface area contributed by atoms with Gasteiger partial charge < -0.3 is 10.0 Å². The third-order valence-electron chi connectivity index (χ3n) is 3.09. The number of hydrogen-bond donors (Lipinski definition) is 1. The summed E-state index contributed by atoms with van der Waals surface area (Å²) in [5, 5.41) is 13.0. The first-order valence-electron chi connectivity index (χ1n) is 6.73. The van der Waals surface area contributed by atoms with Gasteiger partial charge in [-0.05, 0) is 44.2 Å². The van der Waals surface area contributed by atoms with Gasteiger partial charge in [0, 0.05) is 12.2 Å². The first kappa shape index (κ1) is 15.7. The van der Waals surface area contributed by atoms with Gasteiger partial charge in [0.25, 0.3) is 5.91 Å². The topological polar surface area (TPSA) is 75.4 Å². The molecule has 22 heavy (non-hydrogen) atoms. The van der Waals surface area contributed by atoms with Gasteiger partial charge in [0.05, 0.1) is 5.69 Å². The fourth-order valence-electron chi connectivity index (χ4n) is 1.96. The van der Waals surface area contributed by atoms with Gasteiger partial charge in [-0.3, -0.25) is 9.59 Å². The molecule has 0 saturated carbocycles. The summed E-state index contributed by atoms with van der Waals surface area (Å²) in [5.74, 6) is -1.90. The molecule has 0 atom stereocenters. The van der Waals surface area contributed by atoms with E-state index in [0.717, 1.165) is 0 Å². The second-order valence-corrected chi connectivity index (χ2v) is 5.04. The number of aliphatic carboxylic acids is 1. The Hall–Kier alpha value is -2.70. The lowest BCUT2D eigenvalue weighted by molar-refractivity contribution is -0.138. The standard InChI is InChI=1S/C15H16FN3O3/c1-10(2)18(9-14(20)21)15(22)13-7-8-19(17-13)12-5-3-11(16)4-6-12/h3-8,10H,9H2,1-2H3,(H,20,21). The van der Waals surface area contributed by atoms with E-state index in [1.165, 1.54) is 39.9 Å². The summed E-state index contributed by atoms with van der Waals surface area (Å²) in [6.45, 7) is 3.08. The second kappa shape index (κ2) is 6.38. The van der Waals surface area contributed by atoms with Crippen LogP contribution in [0.2, 0.25) is 0 Å². The fraction of sp³-hybridized carbons (Fsp3) is 0.267. The molecular formula is C15H16FN3O3. The smallest absolute Gasteiger partial charge is 0.323 e. The first-order valence-corrected chi connectivity index (χ1v) is 6.73. The van der Waals surface area contributed by atoms with Crippen LogP contribution in [0.4, 0.5) is 4.39 Å². The predicted octanol–water partition coefficient (Wildman–Crippen LogP) is 1.95. The van der Waals surface area contributed by atoms with E-state index < -0.39 is 11.9 Å². The van der Waals surface area contributed by atoms with Crippen LogP contribution >= 0.6 is 0 Å². The maximum atomic E-state index is 12.9. The average Bonchev–Trinajstić information content (AvgIpc) is 2.94. The van der Waals surface area contributed by atoms with E-state index in [0.29, 0.717) is 5.69 Å². The van der Waals surface area contributed by atoms with Crippen LogP contribution in [0.3, 0.4) is 0 Å². The van der Waals surface area contributed by atoms with Crippen molar-refractivity contribution in [2.75, 3.05) is 6.54 Å². The second-order valence-electron chi connectivity index (χ2n) is 5.04. The summed E-state index contributed by atoms with van der Waals surface area (Å²) in [6.07, 6.45) is 1.57. The molecule has 1 amide bonds. The molecule has 0 aliphatic carbocycles. The number of hydrogen-bond acceptors (Lipinski definition) is 3. The largest absolute Gasteiger partial charge is 0.480 e. The molecule has 0 spiro atoms. The van der Waals surface area contributed by atoms with Crippen molar-refractivity contribution < 1.29 is 19.1 Å². The van der Waals surface area contributed by atoms with Gasteiger partial charge in [0.1, 0.15) is 12.4 Å². The first-order chi connectivity index (χ1) is 10.4. The van der Waals surface area contributed by atoms with Crippen molar-refractivity contribution in [3.8, 4) is 5.69 Å². The highest BCUT2D eigenvalue weighted by atomic mass is 19.1. The minimum Gasteiger partial charge on any atom is -0.480 e. The highest BCUT2D eigenvalue weighted by Gasteiger charge is 2.23. The zero-order chi connectivity index (χ0) is 16.3. The number of benzene rings is 1. The highest BCUT2D eigenvalue weighted by molar-refractivity contribution is 5.94. The van der Waals surface area contributed by atoms with E-state index in [9.17, 15) is 14.0 Å². The van der Waals surface area contributed by atoms with E-state index in [-0.39, 0.29) is 24.1 Å². The molecule has 0 unspecified atom stereocenters. The summed E-state index contributed by atoms with van der Waals surface area (Å²) in [4.78, 5) is 24.4. The van der Waals surface area contributed by atoms with Gasteiger partial charge in [-0.25, -0.2) is 9.07 Å². The maximum absolute atomic E-state index is 12.9. The van der Waals surface area contributed by atoms with Gasteiger partial charge >= 0.3 is 5.97 Å². The number of carboxylic acid groups (broad SMARTS) is 1. The van der Waals surface area contributed by atoms with Crippen LogP contribution in [0.1, 0.15) is 24.3 Å². The Balaban J connectivity index is 2.24. The Morgan fingerprint density at radius 3 is 2.45 bits per heavy atom. The van der Waals surface area contributed by atoms with Crippen molar-refractivity contribution in [1.82, 2.24) is 14.7 Å². The Bertz CT molecular complexity index is 680. The zero-order valence-electron chi connectivity index (χ0n) is 12.2. The molecule has 6 nitrogen and oxygen atoms in total. The Labute approximate surface area is 126 Å². The predicted molar refractivity (Wildman–Crippen MR) is 77.3 cm³/mol. The molecule has 1 aromatic carbocycles. The van der Waals surface area contributed by atoms with Crippen molar-refractivity contribution in [3.63, 3.8) is 0 Å². The van der Waals surface area contributed by atoms with Crippen LogP contribution in [-0.2, 0) is 4.79 Å². The monoisotopic (exact) mass is 305 g/mol. The van der Waals surface area contributed by atoms with Crippen molar-refractivity contribution in [3.05, 3.63) is 48.0 Å². The molecule has 7 heteroatoms. The lowest BCUT2D eigenvalue weighted by Crippen LogP contribution is -2.40. The number of halogens is 1. The van der Waals surface area contributed by atoms with Crippen LogP contribution in [0, 0.1) is 5.82 Å². The number of rotatable bonds is 5. The third-order valence-corrected chi connectivity index (χ3v) is 3.09. The van der Waals surface area contributed by atoms with E-state index in [1.54, 1.807) is 20.0 Å². The molecule has 0 fully saturated rings. The fourth-order valence-corrected chi connectivity index (χ4v) is 1.96. The number of amides is 1. The summed E-state index contributed by atoms with van der Waals surface area (Å²) >= 11 is 0. The van der Waals surface area contributed by atoms with Crippen molar-refractivity contribution in [1.29, 1.82) is 0 Å². The molecule has 0 aliphatic rings. The van der Waals surface area contributed by atoms with E-state index in [4.69, 9.17) is 5.11 Å². The lowest BCUT2D eigenvalue weighted by Gasteiger charge is -2.23. The van der Waals surface area contributed by atoms with Crippen molar-refractivity contribution >= 4 is 11.9 Å². The molecular weight excluding hydrogens is 289 g/mol. The molecule has 1 N–H and O–H groups in total. The van der Waals surface area contributed by atoms with E-state index >= 15 is 0 Å². The molecule has 2 rings (SSSR count). The summed E-state index contributed by atoms with van der Waals surface area (Å²) in [7, 11) is 0. The quantitative estimate of drug-likeness (QED) is 0.916. The van der Waals surface area contributed by atoms with Crippen molar-refractivity contribution in [2.45, 2.75) is 19.9 Å². The Morgan fingerprint density at radius 2 is 1.91 bits per heavy atom. The minimum atomic E-state index is -1.08. The van der Waals surface area contributed by atoms with Gasteiger partial charge in [-0.15, -0.1) is 0 Å². The highest BCUT2D eigenvalue weighted by Crippen LogP contribution is 2.11. The van der Waals surface area contributed by atoms with Crippen LogP contribution in [0.15, 0.2) is 36.5 Å². The number of carbonyl (C=O) groups is 2. The number of carboxylic acids is 1. The normalized spacial score (nSPS) is 10.7. The molecule has 116 valence electrons. The van der Waals surface area contributed by atoms with Gasteiger partial charge in [0.2, 0.25) is 0 Å². The lowest BCUT2D eigenvalue weighted by atomic mass is 10.2. The van der Waals surface area contributed by atoms with Crippen LogP contribution in [0.5, 0.6) is 0 Å². The Kier molecular flexibility index (Phi) is 4.55. The summed E-state index contributed by atoms with van der Waals surface area (Å²) in [6, 6.07) is 6.90. The van der Waals surface area contributed by atoms with Crippen LogP contribution < -0.4 is 0 Å². The third kappa shape index (κ3) is 3.49. The van der Waals surface area contributed by atoms with Crippen molar-refractivity contribution in [2.24, 2.45) is 0 Å². The van der Waals surface area contributed by atoms with E-state index in [2.05, 4.69) is 5.10 Å². The van der Waals surface area contributed by atoms with E-state index in [1.807, 2.05) is 0 Å². The number of aromatic nitrogens is 2. The molecule has 2 aromatic rings. The zero-order valence-corrected chi connectivity index (χ0v) is 12.2. The van der Waals surface area contributed by atoms with Crippen LogP contribution in [0.25, 0.3) is 5.69 Å². The molecule has 0 bridgehead atoms. The number of nitrogens with zero attached hydrogens (tertiary/aromatic N) is 3. The summed E-state index contributed by atoms with van der Waals surface area (Å²) < 4.78 is 14.3. The van der Waals surface area contributed by atoms with Gasteiger partial charge in [0.15, 0.2) is 5.69 Å². The summed E-state index contributed by atoms with van der Waals surface area (Å²) in [5.41, 5.74) is 0.744. The molecule has 0 aliphatic heterocycles. The average molecular weight is 305 g/mol.